The molecule has 2 nitrogen and oxygen atoms in total. The first-order valence-corrected chi connectivity index (χ1v) is 8.64. The van der Waals surface area contributed by atoms with E-state index in [4.69, 9.17) is 0 Å². The molecule has 0 spiro atoms. The lowest BCUT2D eigenvalue weighted by molar-refractivity contribution is 0.274. The minimum absolute atomic E-state index is 0.906. The fourth-order valence-electron chi connectivity index (χ4n) is 3.89. The molecule has 2 aliphatic rings. The highest BCUT2D eigenvalue weighted by atomic mass is 32.1. The standard InChI is InChI=1S/C18H22N2S/c1-19-9-15-11-20(12-16(15)10-19)13-17-7-8-18(21-17)14-5-3-2-4-6-14/h2-8,15-16H,9-13H2,1H3/t15-,16+. The van der Waals surface area contributed by atoms with Crippen LogP contribution in [0.25, 0.3) is 10.4 Å². The second-order valence-electron chi connectivity index (χ2n) is 6.57. The molecular weight excluding hydrogens is 276 g/mol. The summed E-state index contributed by atoms with van der Waals surface area (Å²) in [7, 11) is 2.26. The summed E-state index contributed by atoms with van der Waals surface area (Å²) in [6.07, 6.45) is 0. The molecule has 2 aromatic rings. The molecule has 3 heterocycles. The van der Waals surface area contributed by atoms with Crippen molar-refractivity contribution >= 4 is 11.3 Å². The van der Waals surface area contributed by atoms with E-state index in [1.165, 1.54) is 41.5 Å². The summed E-state index contributed by atoms with van der Waals surface area (Å²) in [4.78, 5) is 8.04. The molecule has 2 atom stereocenters. The summed E-state index contributed by atoms with van der Waals surface area (Å²) in [6.45, 7) is 6.29. The molecule has 1 aromatic carbocycles. The van der Waals surface area contributed by atoms with E-state index >= 15 is 0 Å². The molecule has 110 valence electrons. The third kappa shape index (κ3) is 2.78. The molecule has 1 aromatic heterocycles. The van der Waals surface area contributed by atoms with Crippen LogP contribution < -0.4 is 0 Å². The van der Waals surface area contributed by atoms with Crippen molar-refractivity contribution in [2.75, 3.05) is 33.2 Å². The number of rotatable bonds is 3. The Morgan fingerprint density at radius 2 is 1.67 bits per heavy atom. The van der Waals surface area contributed by atoms with Crippen LogP contribution in [0.1, 0.15) is 4.88 Å². The van der Waals surface area contributed by atoms with Gasteiger partial charge in [0.15, 0.2) is 0 Å². The molecular formula is C18H22N2S. The van der Waals surface area contributed by atoms with E-state index < -0.39 is 0 Å². The molecule has 0 radical (unpaired) electrons. The molecule has 3 heteroatoms. The highest BCUT2D eigenvalue weighted by Gasteiger charge is 2.38. The van der Waals surface area contributed by atoms with Crippen molar-refractivity contribution in [3.8, 4) is 10.4 Å². The lowest BCUT2D eigenvalue weighted by Crippen LogP contribution is -2.26. The van der Waals surface area contributed by atoms with Gasteiger partial charge in [-0.05, 0) is 36.6 Å². The maximum atomic E-state index is 2.66. The van der Waals surface area contributed by atoms with Gasteiger partial charge in [0.1, 0.15) is 0 Å². The summed E-state index contributed by atoms with van der Waals surface area (Å²) in [5, 5.41) is 0. The Morgan fingerprint density at radius 1 is 0.952 bits per heavy atom. The van der Waals surface area contributed by atoms with Gasteiger partial charge in [0.05, 0.1) is 0 Å². The number of thiophene rings is 1. The second-order valence-corrected chi connectivity index (χ2v) is 7.74. The Balaban J connectivity index is 1.42. The fraction of sp³-hybridized carbons (Fsp3) is 0.444. The monoisotopic (exact) mass is 298 g/mol. The van der Waals surface area contributed by atoms with Crippen LogP contribution in [0.2, 0.25) is 0 Å². The predicted molar refractivity (Wildman–Crippen MR) is 89.5 cm³/mol. The minimum Gasteiger partial charge on any atom is -0.306 e. The van der Waals surface area contributed by atoms with Crippen molar-refractivity contribution in [1.82, 2.24) is 9.80 Å². The van der Waals surface area contributed by atoms with Gasteiger partial charge in [0, 0.05) is 42.5 Å². The maximum absolute atomic E-state index is 2.66. The average molecular weight is 298 g/mol. The van der Waals surface area contributed by atoms with Crippen LogP contribution in [-0.2, 0) is 6.54 Å². The van der Waals surface area contributed by atoms with E-state index in [0.717, 1.165) is 18.4 Å². The van der Waals surface area contributed by atoms with Crippen LogP contribution in [-0.4, -0.2) is 43.0 Å². The summed E-state index contributed by atoms with van der Waals surface area (Å²) < 4.78 is 0. The summed E-state index contributed by atoms with van der Waals surface area (Å²) in [5.74, 6) is 1.81. The van der Waals surface area contributed by atoms with Crippen LogP contribution in [0.15, 0.2) is 42.5 Å². The highest BCUT2D eigenvalue weighted by molar-refractivity contribution is 7.15. The van der Waals surface area contributed by atoms with Crippen molar-refractivity contribution in [2.45, 2.75) is 6.54 Å². The van der Waals surface area contributed by atoms with E-state index in [2.05, 4.69) is 59.3 Å². The number of hydrogen-bond acceptors (Lipinski definition) is 3. The zero-order valence-electron chi connectivity index (χ0n) is 12.5. The quantitative estimate of drug-likeness (QED) is 0.857. The topological polar surface area (TPSA) is 6.48 Å². The highest BCUT2D eigenvalue weighted by Crippen LogP contribution is 2.33. The van der Waals surface area contributed by atoms with Crippen LogP contribution in [0, 0.1) is 11.8 Å². The number of likely N-dealkylation sites (tertiary alicyclic amines) is 2. The fourth-order valence-corrected chi connectivity index (χ4v) is 4.95. The smallest absolute Gasteiger partial charge is 0.0346 e. The molecule has 0 saturated carbocycles. The molecule has 2 fully saturated rings. The molecule has 0 unspecified atom stereocenters. The van der Waals surface area contributed by atoms with E-state index in [1.54, 1.807) is 0 Å². The Labute approximate surface area is 131 Å². The van der Waals surface area contributed by atoms with Crippen LogP contribution in [0.3, 0.4) is 0 Å². The molecule has 0 amide bonds. The van der Waals surface area contributed by atoms with Gasteiger partial charge in [0.2, 0.25) is 0 Å². The zero-order valence-corrected chi connectivity index (χ0v) is 13.4. The lowest BCUT2D eigenvalue weighted by Gasteiger charge is -2.17. The Kier molecular flexibility index (Phi) is 3.57. The summed E-state index contributed by atoms with van der Waals surface area (Å²) in [5.41, 5.74) is 1.34. The van der Waals surface area contributed by atoms with Gasteiger partial charge < -0.3 is 4.90 Å². The van der Waals surface area contributed by atoms with Crippen LogP contribution in [0.5, 0.6) is 0 Å². The van der Waals surface area contributed by atoms with E-state index in [-0.39, 0.29) is 0 Å². The predicted octanol–water partition coefficient (Wildman–Crippen LogP) is 3.41. The number of hydrogen-bond donors (Lipinski definition) is 0. The van der Waals surface area contributed by atoms with Crippen LogP contribution >= 0.6 is 11.3 Å². The van der Waals surface area contributed by atoms with Gasteiger partial charge in [-0.15, -0.1) is 11.3 Å². The molecule has 4 rings (SSSR count). The Bertz CT molecular complexity index is 593. The molecule has 21 heavy (non-hydrogen) atoms. The van der Waals surface area contributed by atoms with Crippen molar-refractivity contribution in [3.63, 3.8) is 0 Å². The second kappa shape index (κ2) is 5.56. The first kappa shape index (κ1) is 13.5. The van der Waals surface area contributed by atoms with Crippen molar-refractivity contribution < 1.29 is 0 Å². The van der Waals surface area contributed by atoms with Gasteiger partial charge >= 0.3 is 0 Å². The van der Waals surface area contributed by atoms with Gasteiger partial charge in [-0.3, -0.25) is 4.90 Å². The normalized spacial score (nSPS) is 26.3. The molecule has 2 saturated heterocycles. The van der Waals surface area contributed by atoms with Crippen molar-refractivity contribution in [3.05, 3.63) is 47.3 Å². The average Bonchev–Trinajstić information content (AvgIpc) is 3.15. The largest absolute Gasteiger partial charge is 0.306 e. The van der Waals surface area contributed by atoms with Crippen LogP contribution in [0.4, 0.5) is 0 Å². The first-order valence-electron chi connectivity index (χ1n) is 7.83. The molecule has 0 bridgehead atoms. The third-order valence-electron chi connectivity index (χ3n) is 4.84. The van der Waals surface area contributed by atoms with E-state index in [9.17, 15) is 0 Å². The summed E-state index contributed by atoms with van der Waals surface area (Å²) >= 11 is 1.95. The molecule has 0 aliphatic carbocycles. The van der Waals surface area contributed by atoms with Gasteiger partial charge in [0.25, 0.3) is 0 Å². The van der Waals surface area contributed by atoms with Crippen molar-refractivity contribution in [2.24, 2.45) is 11.8 Å². The van der Waals surface area contributed by atoms with Gasteiger partial charge in [-0.25, -0.2) is 0 Å². The maximum Gasteiger partial charge on any atom is 0.0346 e. The van der Waals surface area contributed by atoms with E-state index in [0.29, 0.717) is 0 Å². The third-order valence-corrected chi connectivity index (χ3v) is 5.96. The van der Waals surface area contributed by atoms with E-state index in [1.807, 2.05) is 11.3 Å². The molecule has 0 N–H and O–H groups in total. The molecule has 2 aliphatic heterocycles. The number of nitrogens with zero attached hydrogens (tertiary/aromatic N) is 2. The SMILES string of the molecule is CN1C[C@@H]2CN(Cc3ccc(-c4ccccc4)s3)C[C@@H]2C1. The van der Waals surface area contributed by atoms with Gasteiger partial charge in [-0.1, -0.05) is 30.3 Å². The number of benzene rings is 1. The first-order chi connectivity index (χ1) is 10.3. The lowest BCUT2D eigenvalue weighted by atomic mass is 10.0. The summed E-state index contributed by atoms with van der Waals surface area (Å²) in [6, 6.07) is 15.3. The van der Waals surface area contributed by atoms with Crippen molar-refractivity contribution in [1.29, 1.82) is 0 Å². The Morgan fingerprint density at radius 3 is 2.38 bits per heavy atom. The minimum atomic E-state index is 0.906. The number of fused-ring (bicyclic) bond motifs is 1. The zero-order chi connectivity index (χ0) is 14.2. The van der Waals surface area contributed by atoms with Gasteiger partial charge in [-0.2, -0.15) is 0 Å². The Hall–Kier alpha value is -1.16.